The van der Waals surface area contributed by atoms with Crippen molar-refractivity contribution in [2.24, 2.45) is 5.73 Å². The van der Waals surface area contributed by atoms with Crippen molar-refractivity contribution in [3.8, 4) is 0 Å². The molecule has 0 aliphatic rings. The summed E-state index contributed by atoms with van der Waals surface area (Å²) in [5, 5.41) is 0. The molecule has 3 heteroatoms. The monoisotopic (exact) mass is 263 g/mol. The molecule has 1 aromatic carbocycles. The molecule has 0 aromatic heterocycles. The Balaban J connectivity index is 2.43. The molecule has 0 aliphatic heterocycles. The third-order valence-electron chi connectivity index (χ3n) is 3.49. The van der Waals surface area contributed by atoms with E-state index < -0.39 is 0 Å². The lowest BCUT2D eigenvalue weighted by molar-refractivity contribution is 0.252. The Labute approximate surface area is 118 Å². The first-order valence-corrected chi connectivity index (χ1v) is 7.22. The van der Waals surface area contributed by atoms with Crippen molar-refractivity contribution >= 4 is 0 Å². The van der Waals surface area contributed by atoms with Crippen molar-refractivity contribution in [2.75, 3.05) is 40.3 Å². The molecule has 108 valence electrons. The summed E-state index contributed by atoms with van der Waals surface area (Å²) < 4.78 is 0. The number of aryl methyl sites for hydroxylation is 1. The highest BCUT2D eigenvalue weighted by atomic mass is 15.1. The van der Waals surface area contributed by atoms with Crippen LogP contribution in [0.25, 0.3) is 0 Å². The minimum Gasteiger partial charge on any atom is -0.323 e. The first-order valence-electron chi connectivity index (χ1n) is 7.22. The molecule has 1 atom stereocenters. The summed E-state index contributed by atoms with van der Waals surface area (Å²) in [6, 6.07) is 8.68. The Kier molecular flexibility index (Phi) is 7.06. The Hall–Kier alpha value is -0.900. The van der Waals surface area contributed by atoms with Gasteiger partial charge in [-0.25, -0.2) is 0 Å². The minimum absolute atomic E-state index is 0.111. The topological polar surface area (TPSA) is 32.5 Å². The molecule has 2 N–H and O–H groups in total. The fourth-order valence-electron chi connectivity index (χ4n) is 2.19. The van der Waals surface area contributed by atoms with Gasteiger partial charge in [-0.2, -0.15) is 0 Å². The highest BCUT2D eigenvalue weighted by Crippen LogP contribution is 2.13. The van der Waals surface area contributed by atoms with Gasteiger partial charge < -0.3 is 15.5 Å². The lowest BCUT2D eigenvalue weighted by Crippen LogP contribution is -2.34. The Morgan fingerprint density at radius 1 is 1.11 bits per heavy atom. The van der Waals surface area contributed by atoms with Crippen molar-refractivity contribution in [1.29, 1.82) is 0 Å². The molecule has 0 heterocycles. The van der Waals surface area contributed by atoms with Crippen LogP contribution in [0.3, 0.4) is 0 Å². The molecule has 0 saturated carbocycles. The van der Waals surface area contributed by atoms with E-state index in [0.29, 0.717) is 0 Å². The second kappa shape index (κ2) is 8.31. The molecule has 0 fully saturated rings. The van der Waals surface area contributed by atoms with Gasteiger partial charge in [-0.1, -0.05) is 36.8 Å². The molecular formula is C16H29N3. The summed E-state index contributed by atoms with van der Waals surface area (Å²) in [5.74, 6) is 0. The number of hydrogen-bond acceptors (Lipinski definition) is 3. The van der Waals surface area contributed by atoms with Gasteiger partial charge in [0.2, 0.25) is 0 Å². The first kappa shape index (κ1) is 16.2. The number of nitrogens with zero attached hydrogens (tertiary/aromatic N) is 2. The zero-order chi connectivity index (χ0) is 14.3. The summed E-state index contributed by atoms with van der Waals surface area (Å²) in [6.07, 6.45) is 1.20. The SMILES string of the molecule is CCN(CCCN(C)C)CC(N)c1ccc(C)cc1. The van der Waals surface area contributed by atoms with Crippen molar-refractivity contribution in [2.45, 2.75) is 26.3 Å². The van der Waals surface area contributed by atoms with Gasteiger partial charge in [-0.05, 0) is 52.6 Å². The Morgan fingerprint density at radius 2 is 1.74 bits per heavy atom. The molecule has 1 unspecified atom stereocenters. The Bertz CT molecular complexity index is 346. The van der Waals surface area contributed by atoms with E-state index >= 15 is 0 Å². The van der Waals surface area contributed by atoms with Gasteiger partial charge in [-0.15, -0.1) is 0 Å². The van der Waals surface area contributed by atoms with E-state index in [4.69, 9.17) is 5.73 Å². The van der Waals surface area contributed by atoms with Crippen LogP contribution in [0.5, 0.6) is 0 Å². The van der Waals surface area contributed by atoms with Crippen molar-refractivity contribution in [3.63, 3.8) is 0 Å². The maximum Gasteiger partial charge on any atom is 0.0424 e. The van der Waals surface area contributed by atoms with Crippen LogP contribution in [0.4, 0.5) is 0 Å². The van der Waals surface area contributed by atoms with Crippen LogP contribution < -0.4 is 5.73 Å². The van der Waals surface area contributed by atoms with E-state index in [0.717, 1.165) is 26.2 Å². The smallest absolute Gasteiger partial charge is 0.0424 e. The van der Waals surface area contributed by atoms with Gasteiger partial charge in [0.05, 0.1) is 0 Å². The summed E-state index contributed by atoms with van der Waals surface area (Å²) >= 11 is 0. The van der Waals surface area contributed by atoms with Crippen molar-refractivity contribution < 1.29 is 0 Å². The average Bonchev–Trinajstić information content (AvgIpc) is 2.37. The highest BCUT2D eigenvalue weighted by molar-refractivity contribution is 5.24. The number of hydrogen-bond donors (Lipinski definition) is 1. The van der Waals surface area contributed by atoms with Gasteiger partial charge in [-0.3, -0.25) is 0 Å². The maximum atomic E-state index is 6.30. The molecule has 1 rings (SSSR count). The lowest BCUT2D eigenvalue weighted by Gasteiger charge is -2.25. The van der Waals surface area contributed by atoms with Gasteiger partial charge >= 0.3 is 0 Å². The van der Waals surface area contributed by atoms with Crippen LogP contribution >= 0.6 is 0 Å². The number of benzene rings is 1. The van der Waals surface area contributed by atoms with Crippen LogP contribution in [0.15, 0.2) is 24.3 Å². The van der Waals surface area contributed by atoms with E-state index in [1.165, 1.54) is 17.5 Å². The third kappa shape index (κ3) is 6.19. The molecule has 0 bridgehead atoms. The summed E-state index contributed by atoms with van der Waals surface area (Å²) in [6.45, 7) is 8.57. The summed E-state index contributed by atoms with van der Waals surface area (Å²) in [4.78, 5) is 4.67. The predicted octanol–water partition coefficient (Wildman–Crippen LogP) is 2.27. The van der Waals surface area contributed by atoms with E-state index in [1.54, 1.807) is 0 Å². The second-order valence-electron chi connectivity index (χ2n) is 5.57. The average molecular weight is 263 g/mol. The molecule has 0 spiro atoms. The maximum absolute atomic E-state index is 6.30. The van der Waals surface area contributed by atoms with E-state index in [-0.39, 0.29) is 6.04 Å². The lowest BCUT2D eigenvalue weighted by atomic mass is 10.1. The highest BCUT2D eigenvalue weighted by Gasteiger charge is 2.10. The standard InChI is InChI=1S/C16H29N3/c1-5-19(12-6-11-18(3)4)13-16(17)15-9-7-14(2)8-10-15/h7-10,16H,5-6,11-13,17H2,1-4H3. The summed E-state index contributed by atoms with van der Waals surface area (Å²) in [7, 11) is 4.24. The van der Waals surface area contributed by atoms with Crippen LogP contribution in [-0.4, -0.2) is 50.1 Å². The van der Waals surface area contributed by atoms with Crippen LogP contribution in [0.2, 0.25) is 0 Å². The summed E-state index contributed by atoms with van der Waals surface area (Å²) in [5.41, 5.74) is 8.82. The number of rotatable bonds is 8. The fraction of sp³-hybridized carbons (Fsp3) is 0.625. The number of nitrogens with two attached hydrogens (primary N) is 1. The van der Waals surface area contributed by atoms with Crippen LogP contribution in [0, 0.1) is 6.92 Å². The predicted molar refractivity (Wildman–Crippen MR) is 83.4 cm³/mol. The zero-order valence-corrected chi connectivity index (χ0v) is 12.9. The van der Waals surface area contributed by atoms with E-state index in [2.05, 4.69) is 62.0 Å². The Morgan fingerprint density at radius 3 is 2.26 bits per heavy atom. The second-order valence-corrected chi connectivity index (χ2v) is 5.57. The van der Waals surface area contributed by atoms with Gasteiger partial charge in [0.1, 0.15) is 0 Å². The normalized spacial score (nSPS) is 13.2. The zero-order valence-electron chi connectivity index (χ0n) is 12.9. The van der Waals surface area contributed by atoms with E-state index in [9.17, 15) is 0 Å². The molecule has 0 aliphatic carbocycles. The van der Waals surface area contributed by atoms with Crippen molar-refractivity contribution in [1.82, 2.24) is 9.80 Å². The van der Waals surface area contributed by atoms with Gasteiger partial charge in [0.25, 0.3) is 0 Å². The molecular weight excluding hydrogens is 234 g/mol. The minimum atomic E-state index is 0.111. The van der Waals surface area contributed by atoms with Crippen molar-refractivity contribution in [3.05, 3.63) is 35.4 Å². The van der Waals surface area contributed by atoms with E-state index in [1.807, 2.05) is 0 Å². The number of likely N-dealkylation sites (N-methyl/N-ethyl adjacent to an activating group) is 1. The quantitative estimate of drug-likeness (QED) is 0.781. The molecule has 0 radical (unpaired) electrons. The van der Waals surface area contributed by atoms with Crippen LogP contribution in [-0.2, 0) is 0 Å². The molecule has 19 heavy (non-hydrogen) atoms. The molecule has 0 amide bonds. The third-order valence-corrected chi connectivity index (χ3v) is 3.49. The fourth-order valence-corrected chi connectivity index (χ4v) is 2.19. The molecule has 3 nitrogen and oxygen atoms in total. The largest absolute Gasteiger partial charge is 0.323 e. The first-order chi connectivity index (χ1) is 9.02. The molecule has 1 aromatic rings. The van der Waals surface area contributed by atoms with Gasteiger partial charge in [0, 0.05) is 12.6 Å². The van der Waals surface area contributed by atoms with Gasteiger partial charge in [0.15, 0.2) is 0 Å². The molecule has 0 saturated heterocycles. The van der Waals surface area contributed by atoms with Crippen LogP contribution in [0.1, 0.15) is 30.5 Å².